The predicted molar refractivity (Wildman–Crippen MR) is 115 cm³/mol. The molecule has 0 aliphatic carbocycles. The number of nitrogens with one attached hydrogen (secondary N) is 1. The van der Waals surface area contributed by atoms with Crippen LogP contribution in [0.5, 0.6) is 5.75 Å². The number of benzene rings is 2. The summed E-state index contributed by atoms with van der Waals surface area (Å²) < 4.78 is 104. The molecule has 0 aliphatic heterocycles. The maximum atomic E-state index is 14.5. The molecular formula is C22H12ClF7N4O3. The van der Waals surface area contributed by atoms with Crippen LogP contribution in [-0.2, 0) is 6.18 Å². The lowest BCUT2D eigenvalue weighted by molar-refractivity contribution is -0.274. The Kier molecular flexibility index (Phi) is 6.62. The summed E-state index contributed by atoms with van der Waals surface area (Å²) in [4.78, 5) is 12.7. The number of hydrogen-bond donors (Lipinski definition) is 1. The standard InChI is InChI=1S/C22H12ClF7N4O3/c1-31-20(35)16-17(15-13(23)3-2-4-14(15)24)33-37-18(16)12-9-32-34(19(12)21(25,26)27)10-5-7-11(8-6-10)36-22(28,29)30/h2-9H,1H3,(H,31,35). The summed E-state index contributed by atoms with van der Waals surface area (Å²) in [6.07, 6.45) is -9.38. The van der Waals surface area contributed by atoms with E-state index in [4.69, 9.17) is 16.1 Å². The first-order valence-corrected chi connectivity index (χ1v) is 10.4. The molecule has 0 fully saturated rings. The summed E-state index contributed by atoms with van der Waals surface area (Å²) in [6, 6.07) is 7.00. The van der Waals surface area contributed by atoms with Crippen molar-refractivity contribution in [2.75, 3.05) is 7.05 Å². The Morgan fingerprint density at radius 2 is 1.76 bits per heavy atom. The minimum atomic E-state index is -5.10. The van der Waals surface area contributed by atoms with Crippen LogP contribution in [0.15, 0.2) is 53.2 Å². The summed E-state index contributed by atoms with van der Waals surface area (Å²) in [6.45, 7) is 0. The van der Waals surface area contributed by atoms with Gasteiger partial charge in [-0.05, 0) is 36.4 Å². The highest BCUT2D eigenvalue weighted by Gasteiger charge is 2.42. The van der Waals surface area contributed by atoms with E-state index in [1.54, 1.807) is 0 Å². The van der Waals surface area contributed by atoms with Crippen LogP contribution >= 0.6 is 11.6 Å². The van der Waals surface area contributed by atoms with E-state index in [2.05, 4.69) is 20.3 Å². The van der Waals surface area contributed by atoms with Crippen molar-refractivity contribution in [2.45, 2.75) is 12.5 Å². The average molecular weight is 549 g/mol. The number of carbonyl (C=O) groups is 1. The zero-order chi connectivity index (χ0) is 27.1. The fraction of sp³-hybridized carbons (Fsp3) is 0.136. The lowest BCUT2D eigenvalue weighted by atomic mass is 10.0. The smallest absolute Gasteiger partial charge is 0.406 e. The highest BCUT2D eigenvalue weighted by atomic mass is 35.5. The number of halogens is 8. The van der Waals surface area contributed by atoms with Gasteiger partial charge in [0.2, 0.25) is 0 Å². The predicted octanol–water partition coefficient (Wildman–Crippen LogP) is 6.26. The molecule has 4 aromatic rings. The van der Waals surface area contributed by atoms with Crippen LogP contribution in [0.3, 0.4) is 0 Å². The molecule has 7 nitrogen and oxygen atoms in total. The maximum absolute atomic E-state index is 14.5. The molecule has 2 aromatic heterocycles. The zero-order valence-electron chi connectivity index (χ0n) is 18.2. The molecular weight excluding hydrogens is 537 g/mol. The number of hydrogen-bond acceptors (Lipinski definition) is 5. The van der Waals surface area contributed by atoms with Gasteiger partial charge in [0.25, 0.3) is 5.91 Å². The molecule has 0 bridgehead atoms. The maximum Gasteiger partial charge on any atom is 0.573 e. The third-order valence-electron chi connectivity index (χ3n) is 4.94. The lowest BCUT2D eigenvalue weighted by Crippen LogP contribution is -2.20. The van der Waals surface area contributed by atoms with Crippen LogP contribution in [-0.4, -0.2) is 34.3 Å². The Bertz CT molecular complexity index is 1440. The Morgan fingerprint density at radius 1 is 1.08 bits per heavy atom. The topological polar surface area (TPSA) is 82.2 Å². The van der Waals surface area contributed by atoms with E-state index in [9.17, 15) is 35.5 Å². The largest absolute Gasteiger partial charge is 0.573 e. The van der Waals surface area contributed by atoms with Crippen LogP contribution in [0, 0.1) is 5.82 Å². The van der Waals surface area contributed by atoms with Gasteiger partial charge in [-0.25, -0.2) is 9.07 Å². The van der Waals surface area contributed by atoms with Gasteiger partial charge in [-0.15, -0.1) is 13.2 Å². The van der Waals surface area contributed by atoms with Gasteiger partial charge >= 0.3 is 12.5 Å². The Labute approximate surface area is 207 Å². The van der Waals surface area contributed by atoms with Crippen LogP contribution < -0.4 is 10.1 Å². The van der Waals surface area contributed by atoms with Crippen LogP contribution in [0.4, 0.5) is 30.7 Å². The van der Waals surface area contributed by atoms with Crippen molar-refractivity contribution in [3.05, 3.63) is 70.8 Å². The van der Waals surface area contributed by atoms with E-state index >= 15 is 0 Å². The number of rotatable bonds is 5. The van der Waals surface area contributed by atoms with Crippen molar-refractivity contribution in [2.24, 2.45) is 0 Å². The SMILES string of the molecule is CNC(=O)c1c(-c2c(F)cccc2Cl)noc1-c1cnn(-c2ccc(OC(F)(F)F)cc2)c1C(F)(F)F. The first kappa shape index (κ1) is 26.0. The van der Waals surface area contributed by atoms with Gasteiger partial charge < -0.3 is 14.6 Å². The minimum Gasteiger partial charge on any atom is -0.406 e. The molecule has 0 saturated heterocycles. The normalized spacial score (nSPS) is 12.0. The lowest BCUT2D eigenvalue weighted by Gasteiger charge is -2.13. The van der Waals surface area contributed by atoms with E-state index in [0.717, 1.165) is 36.5 Å². The number of aromatic nitrogens is 3. The minimum absolute atomic E-state index is 0.182. The molecule has 194 valence electrons. The van der Waals surface area contributed by atoms with Gasteiger partial charge in [0.1, 0.15) is 22.8 Å². The molecule has 0 unspecified atom stereocenters. The summed E-state index contributed by atoms with van der Waals surface area (Å²) in [5.74, 6) is -3.23. The van der Waals surface area contributed by atoms with Gasteiger partial charge in [0, 0.05) is 7.05 Å². The molecule has 0 radical (unpaired) electrons. The first-order chi connectivity index (χ1) is 17.3. The highest BCUT2D eigenvalue weighted by Crippen LogP contribution is 2.43. The van der Waals surface area contributed by atoms with Crippen molar-refractivity contribution >= 4 is 17.5 Å². The van der Waals surface area contributed by atoms with Crippen LogP contribution in [0.25, 0.3) is 28.3 Å². The van der Waals surface area contributed by atoms with E-state index in [-0.39, 0.29) is 16.3 Å². The quantitative estimate of drug-likeness (QED) is 0.298. The van der Waals surface area contributed by atoms with Crippen LogP contribution in [0.2, 0.25) is 5.02 Å². The van der Waals surface area contributed by atoms with Gasteiger partial charge in [-0.3, -0.25) is 4.79 Å². The molecule has 1 amide bonds. The Balaban J connectivity index is 1.90. The van der Waals surface area contributed by atoms with Gasteiger partial charge in [0.05, 0.1) is 28.0 Å². The Hall–Kier alpha value is -4.07. The molecule has 0 atom stereocenters. The second-order valence-corrected chi connectivity index (χ2v) is 7.68. The summed E-state index contributed by atoms with van der Waals surface area (Å²) >= 11 is 6.05. The second-order valence-electron chi connectivity index (χ2n) is 7.27. The molecule has 0 spiro atoms. The molecule has 1 N–H and O–H groups in total. The number of carbonyl (C=O) groups excluding carboxylic acids is 1. The fourth-order valence-corrected chi connectivity index (χ4v) is 3.73. The number of ether oxygens (including phenoxy) is 1. The number of nitrogens with zero attached hydrogens (tertiary/aromatic N) is 3. The van der Waals surface area contributed by atoms with Crippen LogP contribution in [0.1, 0.15) is 16.1 Å². The van der Waals surface area contributed by atoms with Crippen molar-refractivity contribution < 1.29 is 44.8 Å². The summed E-state index contributed by atoms with van der Waals surface area (Å²) in [5, 5.41) is 9.35. The third kappa shape index (κ3) is 5.09. The van der Waals surface area contributed by atoms with Crippen molar-refractivity contribution in [1.29, 1.82) is 0 Å². The van der Waals surface area contributed by atoms with Gasteiger partial charge in [-0.2, -0.15) is 18.3 Å². The second kappa shape index (κ2) is 9.42. The molecule has 0 saturated carbocycles. The molecule has 37 heavy (non-hydrogen) atoms. The monoisotopic (exact) mass is 548 g/mol. The highest BCUT2D eigenvalue weighted by molar-refractivity contribution is 6.33. The fourth-order valence-electron chi connectivity index (χ4n) is 3.48. The van der Waals surface area contributed by atoms with Crippen molar-refractivity contribution in [1.82, 2.24) is 20.3 Å². The number of amides is 1. The third-order valence-corrected chi connectivity index (χ3v) is 5.26. The molecule has 15 heteroatoms. The average Bonchev–Trinajstić information content (AvgIpc) is 3.42. The van der Waals surface area contributed by atoms with E-state index in [0.29, 0.717) is 4.68 Å². The van der Waals surface area contributed by atoms with Gasteiger partial charge in [0.15, 0.2) is 11.5 Å². The molecule has 0 aliphatic rings. The zero-order valence-corrected chi connectivity index (χ0v) is 19.0. The van der Waals surface area contributed by atoms with E-state index in [1.807, 2.05) is 0 Å². The number of alkyl halides is 6. The molecule has 2 aromatic carbocycles. The molecule has 2 heterocycles. The van der Waals surface area contributed by atoms with Crippen molar-refractivity contribution in [3.8, 4) is 34.0 Å². The van der Waals surface area contributed by atoms with Crippen molar-refractivity contribution in [3.63, 3.8) is 0 Å². The van der Waals surface area contributed by atoms with E-state index in [1.165, 1.54) is 19.2 Å². The summed E-state index contributed by atoms with van der Waals surface area (Å²) in [5.41, 5.74) is -3.84. The van der Waals surface area contributed by atoms with E-state index < -0.39 is 58.3 Å². The molecule has 4 rings (SSSR count). The Morgan fingerprint density at radius 3 is 2.32 bits per heavy atom. The summed E-state index contributed by atoms with van der Waals surface area (Å²) in [7, 11) is 1.19. The van der Waals surface area contributed by atoms with Gasteiger partial charge in [-0.1, -0.05) is 22.8 Å². The first-order valence-electron chi connectivity index (χ1n) is 9.99.